The number of rotatable bonds is 5. The van der Waals surface area contributed by atoms with E-state index >= 15 is 0 Å². The van der Waals surface area contributed by atoms with E-state index in [0.717, 1.165) is 21.9 Å². The van der Waals surface area contributed by atoms with Crippen molar-refractivity contribution < 1.29 is 17.6 Å². The maximum atomic E-state index is 13.4. The fraction of sp³-hybridized carbons (Fsp3) is 0.238. The number of hydrogen-bond acceptors (Lipinski definition) is 5. The largest absolute Gasteiger partial charge is 0.339 e. The Morgan fingerprint density at radius 3 is 2.57 bits per heavy atom. The Balaban J connectivity index is 1.36. The maximum absolute atomic E-state index is 13.4. The Hall–Kier alpha value is -2.49. The van der Waals surface area contributed by atoms with Gasteiger partial charge in [-0.25, -0.2) is 12.8 Å². The van der Waals surface area contributed by atoms with Crippen LogP contribution in [0.3, 0.4) is 0 Å². The van der Waals surface area contributed by atoms with Gasteiger partial charge in [0.15, 0.2) is 0 Å². The van der Waals surface area contributed by atoms with Crippen LogP contribution in [0, 0.1) is 5.82 Å². The first-order chi connectivity index (χ1) is 14.4. The van der Waals surface area contributed by atoms with Gasteiger partial charge < -0.3 is 4.90 Å². The summed E-state index contributed by atoms with van der Waals surface area (Å²) in [6, 6.07) is 14.6. The Kier molecular flexibility index (Phi) is 6.03. The fourth-order valence-corrected chi connectivity index (χ4v) is 5.78. The minimum absolute atomic E-state index is 0.0382. The van der Waals surface area contributed by atoms with Crippen molar-refractivity contribution in [1.29, 1.82) is 0 Å². The summed E-state index contributed by atoms with van der Waals surface area (Å²) in [6.45, 7) is 0.997. The number of thioether (sulfide) groups is 1. The third-order valence-corrected chi connectivity index (χ3v) is 7.94. The van der Waals surface area contributed by atoms with Crippen molar-refractivity contribution in [2.24, 2.45) is 0 Å². The lowest BCUT2D eigenvalue weighted by atomic mass is 10.2. The molecule has 1 amide bonds. The van der Waals surface area contributed by atoms with Crippen LogP contribution in [-0.4, -0.2) is 60.4 Å². The predicted octanol–water partition coefficient (Wildman–Crippen LogP) is 3.00. The second-order valence-corrected chi connectivity index (χ2v) is 9.81. The Labute approximate surface area is 178 Å². The lowest BCUT2D eigenvalue weighted by Crippen LogP contribution is -2.50. The first kappa shape index (κ1) is 20.8. The molecule has 1 aromatic heterocycles. The number of halogens is 1. The van der Waals surface area contributed by atoms with Crippen molar-refractivity contribution in [2.45, 2.75) is 9.79 Å². The van der Waals surface area contributed by atoms with E-state index in [1.165, 1.54) is 34.3 Å². The molecule has 6 nitrogen and oxygen atoms in total. The zero-order valence-corrected chi connectivity index (χ0v) is 17.7. The van der Waals surface area contributed by atoms with E-state index in [1.54, 1.807) is 11.1 Å². The predicted molar refractivity (Wildman–Crippen MR) is 114 cm³/mol. The Morgan fingerprint density at radius 1 is 1.03 bits per heavy atom. The molecule has 4 rings (SSSR count). The highest BCUT2D eigenvalue weighted by molar-refractivity contribution is 8.00. The van der Waals surface area contributed by atoms with Gasteiger partial charge in [-0.3, -0.25) is 9.78 Å². The molecule has 0 N–H and O–H groups in total. The number of amides is 1. The summed E-state index contributed by atoms with van der Waals surface area (Å²) in [6.07, 6.45) is 1.73. The van der Waals surface area contributed by atoms with Crippen molar-refractivity contribution in [3.05, 3.63) is 66.6 Å². The van der Waals surface area contributed by atoms with E-state index in [-0.39, 0.29) is 29.6 Å². The van der Waals surface area contributed by atoms with Crippen molar-refractivity contribution in [1.82, 2.24) is 14.2 Å². The van der Waals surface area contributed by atoms with Gasteiger partial charge in [0.25, 0.3) is 0 Å². The number of nitrogens with zero attached hydrogens (tertiary/aromatic N) is 3. The number of piperazine rings is 1. The molecule has 1 fully saturated rings. The van der Waals surface area contributed by atoms with Crippen molar-refractivity contribution in [3.8, 4) is 0 Å². The van der Waals surface area contributed by atoms with E-state index in [2.05, 4.69) is 4.98 Å². The second-order valence-electron chi connectivity index (χ2n) is 6.86. The number of carbonyl (C=O) groups excluding carboxylic acids is 1. The molecule has 0 radical (unpaired) electrons. The van der Waals surface area contributed by atoms with Gasteiger partial charge in [-0.05, 0) is 30.3 Å². The van der Waals surface area contributed by atoms with Crippen LogP contribution in [0.15, 0.2) is 70.6 Å². The molecule has 1 saturated heterocycles. The number of sulfonamides is 1. The highest BCUT2D eigenvalue weighted by Crippen LogP contribution is 2.27. The van der Waals surface area contributed by atoms with Crippen LogP contribution in [0.4, 0.5) is 4.39 Å². The highest BCUT2D eigenvalue weighted by Gasteiger charge is 2.30. The van der Waals surface area contributed by atoms with E-state index in [0.29, 0.717) is 13.1 Å². The normalized spacial score (nSPS) is 15.4. The quantitative estimate of drug-likeness (QED) is 0.565. The Bertz CT molecular complexity index is 1170. The number of benzene rings is 2. The molecule has 0 saturated carbocycles. The monoisotopic (exact) mass is 445 g/mol. The summed E-state index contributed by atoms with van der Waals surface area (Å²) in [7, 11) is -3.77. The molecule has 156 valence electrons. The number of carbonyl (C=O) groups is 1. The number of aromatic nitrogens is 1. The second kappa shape index (κ2) is 8.71. The third-order valence-electron chi connectivity index (χ3n) is 4.99. The topological polar surface area (TPSA) is 70.6 Å². The molecular weight excluding hydrogens is 425 g/mol. The molecule has 0 spiro atoms. The van der Waals surface area contributed by atoms with Gasteiger partial charge >= 0.3 is 0 Å². The number of hydrogen-bond donors (Lipinski definition) is 0. The average molecular weight is 446 g/mol. The van der Waals surface area contributed by atoms with Crippen molar-refractivity contribution >= 4 is 38.6 Å². The van der Waals surface area contributed by atoms with E-state index in [9.17, 15) is 17.6 Å². The van der Waals surface area contributed by atoms with Crippen LogP contribution in [0.2, 0.25) is 0 Å². The lowest BCUT2D eigenvalue weighted by Gasteiger charge is -2.34. The van der Waals surface area contributed by atoms with Crippen LogP contribution in [0.1, 0.15) is 0 Å². The van der Waals surface area contributed by atoms with E-state index < -0.39 is 15.8 Å². The van der Waals surface area contributed by atoms with Crippen LogP contribution >= 0.6 is 11.8 Å². The standard InChI is InChI=1S/C21H20FN3O3S2/c22-16-4-3-5-17(14-16)30(27,28)25-12-10-24(11-13-25)21(26)15-29-20-8-9-23-19-7-2-1-6-18(19)20/h1-9,14H,10-13,15H2. The van der Waals surface area contributed by atoms with Gasteiger partial charge in [0.2, 0.25) is 15.9 Å². The van der Waals surface area contributed by atoms with E-state index in [1.807, 2.05) is 30.3 Å². The van der Waals surface area contributed by atoms with Crippen LogP contribution in [0.25, 0.3) is 10.9 Å². The summed E-state index contributed by atoms with van der Waals surface area (Å²) >= 11 is 1.45. The molecule has 0 bridgehead atoms. The molecule has 1 aliphatic rings. The zero-order chi connectivity index (χ0) is 21.1. The average Bonchev–Trinajstić information content (AvgIpc) is 2.77. The van der Waals surface area contributed by atoms with Crippen LogP contribution in [-0.2, 0) is 14.8 Å². The van der Waals surface area contributed by atoms with Gasteiger partial charge in [-0.1, -0.05) is 24.3 Å². The maximum Gasteiger partial charge on any atom is 0.243 e. The molecule has 30 heavy (non-hydrogen) atoms. The smallest absolute Gasteiger partial charge is 0.243 e. The molecule has 2 heterocycles. The minimum Gasteiger partial charge on any atom is -0.339 e. The van der Waals surface area contributed by atoms with Crippen LogP contribution in [0.5, 0.6) is 0 Å². The van der Waals surface area contributed by atoms with Gasteiger partial charge in [-0.2, -0.15) is 4.31 Å². The summed E-state index contributed by atoms with van der Waals surface area (Å²) in [4.78, 5) is 19.6. The molecule has 2 aromatic carbocycles. The van der Waals surface area contributed by atoms with E-state index in [4.69, 9.17) is 0 Å². The van der Waals surface area contributed by atoms with Gasteiger partial charge in [-0.15, -0.1) is 11.8 Å². The summed E-state index contributed by atoms with van der Waals surface area (Å²) < 4.78 is 40.1. The highest BCUT2D eigenvalue weighted by atomic mass is 32.2. The van der Waals surface area contributed by atoms with Crippen LogP contribution < -0.4 is 0 Å². The molecule has 3 aromatic rings. The summed E-state index contributed by atoms with van der Waals surface area (Å²) in [5, 5.41) is 1.00. The molecular formula is C21H20FN3O3S2. The zero-order valence-electron chi connectivity index (χ0n) is 16.1. The SMILES string of the molecule is O=C(CSc1ccnc2ccccc12)N1CCN(S(=O)(=O)c2cccc(F)c2)CC1. The molecule has 0 aliphatic carbocycles. The first-order valence-corrected chi connectivity index (χ1v) is 11.9. The first-order valence-electron chi connectivity index (χ1n) is 9.45. The Morgan fingerprint density at radius 2 is 1.80 bits per heavy atom. The van der Waals surface area contributed by atoms with Gasteiger partial charge in [0, 0.05) is 42.7 Å². The van der Waals surface area contributed by atoms with Crippen molar-refractivity contribution in [3.63, 3.8) is 0 Å². The van der Waals surface area contributed by atoms with Gasteiger partial charge in [0.05, 0.1) is 16.2 Å². The third kappa shape index (κ3) is 4.33. The lowest BCUT2D eigenvalue weighted by molar-refractivity contribution is -0.129. The summed E-state index contributed by atoms with van der Waals surface area (Å²) in [5.41, 5.74) is 0.881. The summed E-state index contributed by atoms with van der Waals surface area (Å²) in [5.74, 6) is -0.362. The number of pyridine rings is 1. The molecule has 9 heteroatoms. The molecule has 0 unspecified atom stereocenters. The molecule has 1 aliphatic heterocycles. The fourth-order valence-electron chi connectivity index (χ4n) is 3.38. The van der Waals surface area contributed by atoms with Crippen molar-refractivity contribution in [2.75, 3.05) is 31.9 Å². The van der Waals surface area contributed by atoms with Gasteiger partial charge in [0.1, 0.15) is 5.82 Å². The minimum atomic E-state index is -3.77. The molecule has 0 atom stereocenters. The number of para-hydroxylation sites is 1. The number of fused-ring (bicyclic) bond motifs is 1.